The highest BCUT2D eigenvalue weighted by Crippen LogP contribution is 2.32. The van der Waals surface area contributed by atoms with Crippen LogP contribution >= 0.6 is 0 Å². The molecule has 0 N–H and O–H groups in total. The Hall–Kier alpha value is -4.00. The number of aromatic nitrogens is 1. The molecule has 4 aromatic rings. The van der Waals surface area contributed by atoms with Crippen LogP contribution < -0.4 is 0 Å². The Morgan fingerprint density at radius 1 is 0.833 bits per heavy atom. The molecule has 0 aliphatic carbocycles. The van der Waals surface area contributed by atoms with Gasteiger partial charge in [-0.05, 0) is 35.7 Å². The van der Waals surface area contributed by atoms with Crippen LogP contribution in [-0.2, 0) is 9.47 Å². The summed E-state index contributed by atoms with van der Waals surface area (Å²) in [5.41, 5.74) is 0.188. The van der Waals surface area contributed by atoms with E-state index in [1.807, 2.05) is 12.1 Å². The first kappa shape index (κ1) is 19.3. The maximum Gasteiger partial charge on any atom is 0.341 e. The maximum absolute atomic E-state index is 13.4. The Morgan fingerprint density at radius 2 is 1.47 bits per heavy atom. The average Bonchev–Trinajstić information content (AvgIpc) is 3.13. The van der Waals surface area contributed by atoms with E-state index in [1.165, 1.54) is 23.6 Å². The lowest BCUT2D eigenvalue weighted by atomic mass is 10.0. The Bertz CT molecular complexity index is 1320. The van der Waals surface area contributed by atoms with E-state index in [4.69, 9.17) is 9.47 Å². The van der Waals surface area contributed by atoms with E-state index >= 15 is 0 Å². The van der Waals surface area contributed by atoms with Crippen LogP contribution in [-0.4, -0.2) is 36.3 Å². The number of hydrogen-bond acceptors (Lipinski definition) is 5. The number of benzene rings is 2. The van der Waals surface area contributed by atoms with Crippen LogP contribution in [0.2, 0.25) is 0 Å². The quantitative estimate of drug-likeness (QED) is 0.379. The number of ether oxygens (including phenoxy) is 2. The van der Waals surface area contributed by atoms with Gasteiger partial charge in [0.15, 0.2) is 0 Å². The third-order valence-electron chi connectivity index (χ3n) is 4.93. The summed E-state index contributed by atoms with van der Waals surface area (Å²) in [6.45, 7) is 0. The summed E-state index contributed by atoms with van der Waals surface area (Å²) < 4.78 is 24.6. The largest absolute Gasteiger partial charge is 0.465 e. The van der Waals surface area contributed by atoms with Crippen molar-refractivity contribution < 1.29 is 28.2 Å². The van der Waals surface area contributed by atoms with E-state index in [-0.39, 0.29) is 22.4 Å². The van der Waals surface area contributed by atoms with Crippen molar-refractivity contribution in [3.63, 3.8) is 0 Å². The number of fused-ring (bicyclic) bond motifs is 3. The van der Waals surface area contributed by atoms with E-state index in [1.54, 1.807) is 24.4 Å². The summed E-state index contributed by atoms with van der Waals surface area (Å²) in [4.78, 5) is 38.8. The normalized spacial score (nSPS) is 10.9. The van der Waals surface area contributed by atoms with Crippen molar-refractivity contribution in [2.75, 3.05) is 14.2 Å². The van der Waals surface area contributed by atoms with Crippen molar-refractivity contribution in [3.8, 4) is 0 Å². The molecule has 0 bridgehead atoms. The predicted molar refractivity (Wildman–Crippen MR) is 107 cm³/mol. The number of esters is 2. The minimum Gasteiger partial charge on any atom is -0.465 e. The smallest absolute Gasteiger partial charge is 0.341 e. The first-order chi connectivity index (χ1) is 14.5. The number of methoxy groups -OCH3 is 2. The molecule has 0 amide bonds. The van der Waals surface area contributed by atoms with Crippen LogP contribution in [0, 0.1) is 5.82 Å². The molecule has 6 nitrogen and oxygen atoms in total. The molecular weight excluding hydrogens is 389 g/mol. The van der Waals surface area contributed by atoms with Gasteiger partial charge in [-0.3, -0.25) is 4.79 Å². The third kappa shape index (κ3) is 2.91. The van der Waals surface area contributed by atoms with Gasteiger partial charge in [-0.1, -0.05) is 24.3 Å². The molecule has 2 aromatic carbocycles. The zero-order chi connectivity index (χ0) is 21.4. The number of rotatable bonds is 4. The van der Waals surface area contributed by atoms with Crippen LogP contribution in [0.1, 0.15) is 36.8 Å². The minimum atomic E-state index is -0.853. The van der Waals surface area contributed by atoms with E-state index in [9.17, 15) is 18.8 Å². The van der Waals surface area contributed by atoms with Crippen molar-refractivity contribution in [3.05, 3.63) is 89.0 Å². The Balaban J connectivity index is 2.17. The molecule has 0 saturated heterocycles. The number of carbonyl (C=O) groups is 3. The van der Waals surface area contributed by atoms with Gasteiger partial charge in [0.25, 0.3) is 0 Å². The molecule has 0 spiro atoms. The molecule has 0 aliphatic heterocycles. The predicted octanol–water partition coefficient (Wildman–Crippen LogP) is 4.04. The van der Waals surface area contributed by atoms with Crippen molar-refractivity contribution in [2.45, 2.75) is 0 Å². The molecule has 0 saturated carbocycles. The Labute approximate surface area is 170 Å². The highest BCUT2D eigenvalue weighted by atomic mass is 19.1. The number of halogens is 1. The standard InChI is InChI=1S/C23H16FNO5/c1-29-22(27)17-18(23(28)30-2)20(21(26)14-7-9-15(24)10-8-14)25-12-11-13-5-3-4-6-16(13)19(17)25/h3-12H,1-2H3. The molecule has 2 heterocycles. The average molecular weight is 405 g/mol. The van der Waals surface area contributed by atoms with Crippen LogP contribution in [0.25, 0.3) is 16.3 Å². The fraction of sp³-hybridized carbons (Fsp3) is 0.0870. The Morgan fingerprint density at radius 3 is 2.13 bits per heavy atom. The minimum absolute atomic E-state index is 0.0605. The highest BCUT2D eigenvalue weighted by Gasteiger charge is 2.33. The zero-order valence-electron chi connectivity index (χ0n) is 16.1. The Kier molecular flexibility index (Phi) is 4.79. The van der Waals surface area contributed by atoms with Crippen molar-refractivity contribution in [2.24, 2.45) is 0 Å². The van der Waals surface area contributed by atoms with E-state index in [0.29, 0.717) is 10.9 Å². The second kappa shape index (κ2) is 7.44. The van der Waals surface area contributed by atoms with Crippen molar-refractivity contribution in [1.29, 1.82) is 0 Å². The summed E-state index contributed by atoms with van der Waals surface area (Å²) >= 11 is 0. The SMILES string of the molecule is COC(=O)c1c(C(=O)OC)c2c3ccccc3ccn2c1C(=O)c1ccc(F)cc1. The fourth-order valence-corrected chi connectivity index (χ4v) is 3.58. The van der Waals surface area contributed by atoms with Gasteiger partial charge in [0.05, 0.1) is 19.7 Å². The molecule has 2 aromatic heterocycles. The monoisotopic (exact) mass is 405 g/mol. The van der Waals surface area contributed by atoms with Gasteiger partial charge in [0.1, 0.15) is 22.6 Å². The molecule has 0 aliphatic rings. The molecule has 0 atom stereocenters. The van der Waals surface area contributed by atoms with Crippen molar-refractivity contribution in [1.82, 2.24) is 4.40 Å². The van der Waals surface area contributed by atoms with Crippen LogP contribution in [0.15, 0.2) is 60.8 Å². The molecule has 0 unspecified atom stereocenters. The lowest BCUT2D eigenvalue weighted by molar-refractivity contribution is 0.0556. The van der Waals surface area contributed by atoms with Crippen molar-refractivity contribution >= 4 is 34.0 Å². The number of ketones is 1. The molecule has 30 heavy (non-hydrogen) atoms. The highest BCUT2D eigenvalue weighted by molar-refractivity contribution is 6.22. The zero-order valence-corrected chi connectivity index (χ0v) is 16.1. The summed E-state index contributed by atoms with van der Waals surface area (Å²) in [7, 11) is 2.36. The number of carbonyl (C=O) groups excluding carboxylic acids is 3. The number of nitrogens with zero attached hydrogens (tertiary/aromatic N) is 1. The second-order valence-electron chi connectivity index (χ2n) is 6.54. The lowest BCUT2D eigenvalue weighted by Crippen LogP contribution is -2.15. The molecular formula is C23H16FNO5. The summed E-state index contributed by atoms with van der Waals surface area (Å²) in [5, 5.41) is 1.47. The lowest BCUT2D eigenvalue weighted by Gasteiger charge is -2.06. The van der Waals surface area contributed by atoms with E-state index < -0.39 is 23.5 Å². The van der Waals surface area contributed by atoms with Gasteiger partial charge in [-0.2, -0.15) is 0 Å². The molecule has 150 valence electrons. The summed E-state index contributed by atoms with van der Waals surface area (Å²) in [6, 6.07) is 14.0. The molecule has 0 radical (unpaired) electrons. The summed E-state index contributed by atoms with van der Waals surface area (Å²) in [6.07, 6.45) is 1.60. The van der Waals surface area contributed by atoms with Gasteiger partial charge >= 0.3 is 11.9 Å². The van der Waals surface area contributed by atoms with Gasteiger partial charge in [-0.15, -0.1) is 0 Å². The van der Waals surface area contributed by atoms with Gasteiger partial charge < -0.3 is 13.9 Å². The number of pyridine rings is 1. The van der Waals surface area contributed by atoms with E-state index in [0.717, 1.165) is 24.6 Å². The van der Waals surface area contributed by atoms with Crippen LogP contribution in [0.3, 0.4) is 0 Å². The van der Waals surface area contributed by atoms with Crippen LogP contribution in [0.4, 0.5) is 4.39 Å². The van der Waals surface area contributed by atoms with Gasteiger partial charge in [0.2, 0.25) is 5.78 Å². The molecule has 7 heteroatoms. The maximum atomic E-state index is 13.4. The van der Waals surface area contributed by atoms with Crippen LogP contribution in [0.5, 0.6) is 0 Å². The number of hydrogen-bond donors (Lipinski definition) is 0. The van der Waals surface area contributed by atoms with Gasteiger partial charge in [-0.25, -0.2) is 14.0 Å². The van der Waals surface area contributed by atoms with E-state index in [2.05, 4.69) is 0 Å². The topological polar surface area (TPSA) is 74.1 Å². The first-order valence-corrected chi connectivity index (χ1v) is 9.00. The molecule has 4 rings (SSSR count). The fourth-order valence-electron chi connectivity index (χ4n) is 3.58. The molecule has 0 fully saturated rings. The second-order valence-corrected chi connectivity index (χ2v) is 6.54. The third-order valence-corrected chi connectivity index (χ3v) is 4.93. The summed E-state index contributed by atoms with van der Waals surface area (Å²) in [5.74, 6) is -2.69. The first-order valence-electron chi connectivity index (χ1n) is 9.00. The van der Waals surface area contributed by atoms with Gasteiger partial charge in [0, 0.05) is 17.1 Å².